The number of benzene rings is 2. The highest BCUT2D eigenvalue weighted by molar-refractivity contribution is 5.97. The molecule has 0 radical (unpaired) electrons. The van der Waals surface area contributed by atoms with Crippen LogP contribution in [-0.4, -0.2) is 49.4 Å². The molecule has 0 N–H and O–H groups in total. The topological polar surface area (TPSA) is 43.9 Å². The molecule has 0 bridgehead atoms. The van der Waals surface area contributed by atoms with E-state index < -0.39 is 0 Å². The number of nitrogens with zero attached hydrogens (tertiary/aromatic N) is 3. The maximum atomic E-state index is 13.1. The van der Waals surface area contributed by atoms with Gasteiger partial charge in [0.05, 0.1) is 0 Å². The predicted molar refractivity (Wildman–Crippen MR) is 109 cm³/mol. The fraction of sp³-hybridized carbons (Fsp3) is 0.364. The van der Waals surface area contributed by atoms with Crippen molar-refractivity contribution < 1.29 is 14.0 Å². The van der Waals surface area contributed by atoms with E-state index in [2.05, 4.69) is 4.90 Å². The first kappa shape index (κ1) is 19.9. The summed E-state index contributed by atoms with van der Waals surface area (Å²) in [6.45, 7) is 7.99. The summed E-state index contributed by atoms with van der Waals surface area (Å²) in [5.74, 6) is -0.468. The van der Waals surface area contributed by atoms with Crippen LogP contribution in [-0.2, 0) is 9.59 Å². The Kier molecular flexibility index (Phi) is 5.97. The van der Waals surface area contributed by atoms with Gasteiger partial charge >= 0.3 is 0 Å². The zero-order valence-corrected chi connectivity index (χ0v) is 16.6. The summed E-state index contributed by atoms with van der Waals surface area (Å²) in [4.78, 5) is 30.4. The summed E-state index contributed by atoms with van der Waals surface area (Å²) >= 11 is 0. The third-order valence-corrected chi connectivity index (χ3v) is 5.02. The second-order valence-corrected chi connectivity index (χ2v) is 7.30. The van der Waals surface area contributed by atoms with Crippen LogP contribution < -0.4 is 9.80 Å². The molecule has 1 aliphatic heterocycles. The first-order chi connectivity index (χ1) is 13.3. The normalized spacial score (nSPS) is 14.1. The minimum absolute atomic E-state index is 0.0365. The van der Waals surface area contributed by atoms with Crippen molar-refractivity contribution in [1.82, 2.24) is 4.90 Å². The minimum atomic E-state index is -0.256. The van der Waals surface area contributed by atoms with Crippen LogP contribution in [0, 0.1) is 19.7 Å². The van der Waals surface area contributed by atoms with Gasteiger partial charge in [0, 0.05) is 44.5 Å². The lowest BCUT2D eigenvalue weighted by molar-refractivity contribution is -0.131. The largest absolute Gasteiger partial charge is 0.368 e. The highest BCUT2D eigenvalue weighted by Gasteiger charge is 2.24. The molecule has 0 spiro atoms. The standard InChI is InChI=1S/C22H26FN3O2/c1-16-12-17(2)14-21(13-16)26(18(3)27)15-22(28)25-10-8-24(9-11-25)20-6-4-19(23)5-7-20/h4-7,12-14H,8-11,15H2,1-3H3. The van der Waals surface area contributed by atoms with E-state index in [-0.39, 0.29) is 24.2 Å². The van der Waals surface area contributed by atoms with Crippen molar-refractivity contribution in [2.45, 2.75) is 20.8 Å². The summed E-state index contributed by atoms with van der Waals surface area (Å²) in [6.07, 6.45) is 0. The molecule has 2 aromatic carbocycles. The molecule has 0 unspecified atom stereocenters. The summed E-state index contributed by atoms with van der Waals surface area (Å²) < 4.78 is 13.1. The maximum absolute atomic E-state index is 13.1. The van der Waals surface area contributed by atoms with E-state index in [0.717, 1.165) is 22.5 Å². The average molecular weight is 383 g/mol. The first-order valence-corrected chi connectivity index (χ1v) is 9.48. The van der Waals surface area contributed by atoms with Crippen LogP contribution in [0.1, 0.15) is 18.1 Å². The van der Waals surface area contributed by atoms with Crippen molar-refractivity contribution in [3.63, 3.8) is 0 Å². The second-order valence-electron chi connectivity index (χ2n) is 7.30. The van der Waals surface area contributed by atoms with Gasteiger partial charge in [0.2, 0.25) is 11.8 Å². The van der Waals surface area contributed by atoms with Crippen LogP contribution in [0.25, 0.3) is 0 Å². The maximum Gasteiger partial charge on any atom is 0.242 e. The highest BCUT2D eigenvalue weighted by Crippen LogP contribution is 2.20. The SMILES string of the molecule is CC(=O)N(CC(=O)N1CCN(c2ccc(F)cc2)CC1)c1cc(C)cc(C)c1. The van der Waals surface area contributed by atoms with Crippen LogP contribution in [0.5, 0.6) is 0 Å². The van der Waals surface area contributed by atoms with Gasteiger partial charge in [-0.1, -0.05) is 6.07 Å². The average Bonchev–Trinajstić information content (AvgIpc) is 2.65. The smallest absolute Gasteiger partial charge is 0.242 e. The lowest BCUT2D eigenvalue weighted by atomic mass is 10.1. The molecule has 1 saturated heterocycles. The van der Waals surface area contributed by atoms with Gasteiger partial charge in [-0.3, -0.25) is 9.59 Å². The molecule has 2 aromatic rings. The number of hydrogen-bond donors (Lipinski definition) is 0. The molecule has 148 valence electrons. The van der Waals surface area contributed by atoms with Crippen LogP contribution in [0.4, 0.5) is 15.8 Å². The number of rotatable bonds is 4. The Balaban J connectivity index is 1.63. The Labute approximate surface area is 165 Å². The first-order valence-electron chi connectivity index (χ1n) is 9.48. The molecule has 0 saturated carbocycles. The number of halogens is 1. The number of anilines is 2. The van der Waals surface area contributed by atoms with E-state index in [1.54, 1.807) is 17.0 Å². The molecule has 1 aliphatic rings. The van der Waals surface area contributed by atoms with Crippen molar-refractivity contribution in [1.29, 1.82) is 0 Å². The number of hydrogen-bond acceptors (Lipinski definition) is 3. The number of carbonyl (C=O) groups is 2. The van der Waals surface area contributed by atoms with Crippen molar-refractivity contribution >= 4 is 23.2 Å². The van der Waals surface area contributed by atoms with Crippen LogP contribution in [0.3, 0.4) is 0 Å². The van der Waals surface area contributed by atoms with Crippen LogP contribution in [0.15, 0.2) is 42.5 Å². The summed E-state index contributed by atoms with van der Waals surface area (Å²) in [7, 11) is 0. The molecule has 6 heteroatoms. The van der Waals surface area contributed by atoms with Gasteiger partial charge in [0.1, 0.15) is 12.4 Å². The van der Waals surface area contributed by atoms with Gasteiger partial charge in [-0.25, -0.2) is 4.39 Å². The van der Waals surface area contributed by atoms with E-state index in [9.17, 15) is 14.0 Å². The molecular weight excluding hydrogens is 357 g/mol. The molecule has 1 heterocycles. The monoisotopic (exact) mass is 383 g/mol. The van der Waals surface area contributed by atoms with Crippen LogP contribution >= 0.6 is 0 Å². The van der Waals surface area contributed by atoms with E-state index in [0.29, 0.717) is 26.2 Å². The molecule has 0 atom stereocenters. The van der Waals surface area contributed by atoms with Gasteiger partial charge in [0.25, 0.3) is 0 Å². The second kappa shape index (κ2) is 8.42. The van der Waals surface area contributed by atoms with Crippen molar-refractivity contribution in [2.24, 2.45) is 0 Å². The van der Waals surface area contributed by atoms with Gasteiger partial charge in [-0.15, -0.1) is 0 Å². The lowest BCUT2D eigenvalue weighted by Gasteiger charge is -2.37. The Bertz CT molecular complexity index is 838. The fourth-order valence-electron chi connectivity index (χ4n) is 3.59. The van der Waals surface area contributed by atoms with E-state index in [1.807, 2.05) is 32.0 Å². The molecule has 2 amide bonds. The predicted octanol–water partition coefficient (Wildman–Crippen LogP) is 3.14. The van der Waals surface area contributed by atoms with E-state index >= 15 is 0 Å². The molecule has 0 aromatic heterocycles. The number of carbonyl (C=O) groups excluding carboxylic acids is 2. The zero-order valence-electron chi connectivity index (χ0n) is 16.6. The third-order valence-electron chi connectivity index (χ3n) is 5.02. The lowest BCUT2D eigenvalue weighted by Crippen LogP contribution is -2.51. The Morgan fingerprint density at radius 3 is 2.07 bits per heavy atom. The quantitative estimate of drug-likeness (QED) is 0.815. The van der Waals surface area contributed by atoms with Gasteiger partial charge in [-0.2, -0.15) is 0 Å². The van der Waals surface area contributed by atoms with Gasteiger partial charge < -0.3 is 14.7 Å². The number of aryl methyl sites for hydroxylation is 2. The van der Waals surface area contributed by atoms with E-state index in [1.165, 1.54) is 24.0 Å². The molecular formula is C22H26FN3O2. The van der Waals surface area contributed by atoms with Crippen molar-refractivity contribution in [3.05, 3.63) is 59.4 Å². The Morgan fingerprint density at radius 2 is 1.54 bits per heavy atom. The fourth-order valence-corrected chi connectivity index (χ4v) is 3.59. The molecule has 3 rings (SSSR count). The van der Waals surface area contributed by atoms with E-state index in [4.69, 9.17) is 0 Å². The molecule has 28 heavy (non-hydrogen) atoms. The highest BCUT2D eigenvalue weighted by atomic mass is 19.1. The third kappa shape index (κ3) is 4.68. The van der Waals surface area contributed by atoms with Gasteiger partial charge in [-0.05, 0) is 61.4 Å². The Morgan fingerprint density at radius 1 is 0.964 bits per heavy atom. The summed E-state index contributed by atoms with van der Waals surface area (Å²) in [6, 6.07) is 12.3. The number of piperazine rings is 1. The number of amides is 2. The van der Waals surface area contributed by atoms with Crippen LogP contribution in [0.2, 0.25) is 0 Å². The summed E-state index contributed by atoms with van der Waals surface area (Å²) in [5, 5.41) is 0. The van der Waals surface area contributed by atoms with Gasteiger partial charge in [0.15, 0.2) is 0 Å². The minimum Gasteiger partial charge on any atom is -0.368 e. The summed E-state index contributed by atoms with van der Waals surface area (Å²) in [5.41, 5.74) is 3.82. The Hall–Kier alpha value is -2.89. The molecule has 0 aliphatic carbocycles. The molecule has 5 nitrogen and oxygen atoms in total. The zero-order chi connectivity index (χ0) is 20.3. The molecule has 1 fully saturated rings. The van der Waals surface area contributed by atoms with Crippen molar-refractivity contribution in [2.75, 3.05) is 42.5 Å². The van der Waals surface area contributed by atoms with Crippen molar-refractivity contribution in [3.8, 4) is 0 Å².